The predicted octanol–water partition coefficient (Wildman–Crippen LogP) is 4.24. The van der Waals surface area contributed by atoms with Crippen LogP contribution in [0, 0.1) is 0 Å². The number of rotatable bonds is 3. The number of halogens is 5. The number of hydrogen-bond donors (Lipinski definition) is 1. The molecule has 1 atom stereocenters. The van der Waals surface area contributed by atoms with Gasteiger partial charge < -0.3 is 5.32 Å². The van der Waals surface area contributed by atoms with Gasteiger partial charge in [0.1, 0.15) is 5.15 Å². The molecule has 0 spiro atoms. The molecule has 1 aromatic heterocycles. The molecular weight excluding hydrogens is 363 g/mol. The number of aromatic nitrogens is 1. The Labute approximate surface area is 147 Å². The average Bonchev–Trinajstić information content (AvgIpc) is 2.40. The summed E-state index contributed by atoms with van der Waals surface area (Å²) in [6, 6.07) is 0.201. The molecular formula is C12H18Cl5N3. The van der Waals surface area contributed by atoms with E-state index >= 15 is 0 Å². The van der Waals surface area contributed by atoms with E-state index in [0.717, 1.165) is 38.2 Å². The van der Waals surface area contributed by atoms with Crippen LogP contribution in [0.2, 0.25) is 15.2 Å². The maximum absolute atomic E-state index is 6.27. The van der Waals surface area contributed by atoms with Gasteiger partial charge in [-0.25, -0.2) is 4.98 Å². The summed E-state index contributed by atoms with van der Waals surface area (Å²) in [5.41, 5.74) is 0.905. The van der Waals surface area contributed by atoms with Crippen LogP contribution in [0.4, 0.5) is 0 Å². The van der Waals surface area contributed by atoms with Gasteiger partial charge in [-0.2, -0.15) is 0 Å². The number of nitrogens with one attached hydrogen (secondary N) is 1. The largest absolute Gasteiger partial charge is 0.314 e. The van der Waals surface area contributed by atoms with Gasteiger partial charge in [-0.1, -0.05) is 41.7 Å². The lowest BCUT2D eigenvalue weighted by atomic mass is 10.0. The quantitative estimate of drug-likeness (QED) is 0.794. The monoisotopic (exact) mass is 379 g/mol. The lowest BCUT2D eigenvalue weighted by Crippen LogP contribution is -2.45. The minimum atomic E-state index is 0. The van der Waals surface area contributed by atoms with Crippen LogP contribution < -0.4 is 5.32 Å². The third-order valence-electron chi connectivity index (χ3n) is 3.28. The van der Waals surface area contributed by atoms with Crippen molar-refractivity contribution in [1.29, 1.82) is 0 Å². The average molecular weight is 382 g/mol. The van der Waals surface area contributed by atoms with E-state index in [1.807, 2.05) is 0 Å². The maximum atomic E-state index is 6.27. The number of nitrogens with zero attached hydrogens (tertiary/aromatic N) is 2. The number of piperazine rings is 1. The van der Waals surface area contributed by atoms with E-state index in [1.54, 1.807) is 6.20 Å². The highest BCUT2D eigenvalue weighted by Crippen LogP contribution is 2.38. The Morgan fingerprint density at radius 3 is 2.40 bits per heavy atom. The first kappa shape index (κ1) is 20.5. The molecule has 2 rings (SSSR count). The minimum Gasteiger partial charge on any atom is -0.314 e. The van der Waals surface area contributed by atoms with Crippen molar-refractivity contribution in [2.24, 2.45) is 0 Å². The zero-order chi connectivity index (χ0) is 13.1. The summed E-state index contributed by atoms with van der Waals surface area (Å²) in [4.78, 5) is 6.36. The molecule has 2 heterocycles. The van der Waals surface area contributed by atoms with Crippen LogP contribution in [-0.2, 0) is 0 Å². The van der Waals surface area contributed by atoms with Crippen molar-refractivity contribution in [3.8, 4) is 0 Å². The molecule has 0 radical (unpaired) electrons. The van der Waals surface area contributed by atoms with E-state index in [4.69, 9.17) is 34.8 Å². The lowest BCUT2D eigenvalue weighted by molar-refractivity contribution is 0.169. The standard InChI is InChI=1S/C12H16Cl3N3.2ClH/c1-2-9(18-5-3-16-4-6-18)10-8(13)7-17-12(15)11(10)14;;/h7,9,16H,2-6H2,1H3;2*1H/t9-;;/m0../s1. The van der Waals surface area contributed by atoms with Gasteiger partial charge in [-0.05, 0) is 6.42 Å². The molecule has 20 heavy (non-hydrogen) atoms. The van der Waals surface area contributed by atoms with Crippen molar-refractivity contribution in [2.75, 3.05) is 26.2 Å². The molecule has 8 heteroatoms. The third kappa shape index (κ3) is 4.51. The summed E-state index contributed by atoms with van der Waals surface area (Å²) in [7, 11) is 0. The summed E-state index contributed by atoms with van der Waals surface area (Å²) < 4.78 is 0. The molecule has 0 aromatic carbocycles. The van der Waals surface area contributed by atoms with Gasteiger partial charge >= 0.3 is 0 Å². The Balaban J connectivity index is 0.00000180. The Bertz CT molecular complexity index is 424. The first-order valence-corrected chi connectivity index (χ1v) is 7.22. The van der Waals surface area contributed by atoms with Crippen LogP contribution >= 0.6 is 59.6 Å². The fraction of sp³-hybridized carbons (Fsp3) is 0.583. The highest BCUT2D eigenvalue weighted by Gasteiger charge is 2.26. The SMILES string of the molecule is CC[C@@H](c1c(Cl)cnc(Cl)c1Cl)N1CCNCC1.Cl.Cl. The first-order valence-electron chi connectivity index (χ1n) is 6.09. The normalized spacial score (nSPS) is 17.0. The van der Waals surface area contributed by atoms with Crippen LogP contribution in [0.1, 0.15) is 24.9 Å². The summed E-state index contributed by atoms with van der Waals surface area (Å²) in [6.07, 6.45) is 2.52. The molecule has 1 saturated heterocycles. The Morgan fingerprint density at radius 2 is 1.85 bits per heavy atom. The van der Waals surface area contributed by atoms with E-state index in [0.29, 0.717) is 15.2 Å². The molecule has 0 bridgehead atoms. The second-order valence-electron chi connectivity index (χ2n) is 4.33. The number of pyridine rings is 1. The zero-order valence-electron chi connectivity index (χ0n) is 11.0. The molecule has 1 aliphatic rings. The van der Waals surface area contributed by atoms with Crippen LogP contribution in [0.3, 0.4) is 0 Å². The fourth-order valence-electron chi connectivity index (χ4n) is 2.40. The van der Waals surface area contributed by atoms with Crippen molar-refractivity contribution in [2.45, 2.75) is 19.4 Å². The van der Waals surface area contributed by atoms with Crippen molar-refractivity contribution in [3.05, 3.63) is 27.0 Å². The Morgan fingerprint density at radius 1 is 1.25 bits per heavy atom. The van der Waals surface area contributed by atoms with Crippen LogP contribution in [0.15, 0.2) is 6.20 Å². The number of hydrogen-bond acceptors (Lipinski definition) is 3. The Hall–Kier alpha value is 0.520. The second-order valence-corrected chi connectivity index (χ2v) is 5.48. The van der Waals surface area contributed by atoms with Gasteiger partial charge in [-0.3, -0.25) is 4.90 Å². The molecule has 1 aromatic rings. The zero-order valence-corrected chi connectivity index (χ0v) is 14.9. The molecule has 0 amide bonds. The highest BCUT2D eigenvalue weighted by atomic mass is 35.5. The van der Waals surface area contributed by atoms with E-state index in [-0.39, 0.29) is 30.9 Å². The van der Waals surface area contributed by atoms with Gasteiger partial charge in [0.25, 0.3) is 0 Å². The van der Waals surface area contributed by atoms with Crippen LogP contribution in [0.5, 0.6) is 0 Å². The molecule has 3 nitrogen and oxygen atoms in total. The molecule has 1 aliphatic heterocycles. The summed E-state index contributed by atoms with van der Waals surface area (Å²) in [5.74, 6) is 0. The summed E-state index contributed by atoms with van der Waals surface area (Å²) >= 11 is 18.5. The Kier molecular flexibility index (Phi) is 9.77. The van der Waals surface area contributed by atoms with Gasteiger partial charge in [0.15, 0.2) is 0 Å². The van der Waals surface area contributed by atoms with Crippen molar-refractivity contribution < 1.29 is 0 Å². The molecule has 116 valence electrons. The van der Waals surface area contributed by atoms with Gasteiger partial charge in [0.05, 0.1) is 10.0 Å². The van der Waals surface area contributed by atoms with Gasteiger partial charge in [0.2, 0.25) is 0 Å². The third-order valence-corrected chi connectivity index (χ3v) is 4.35. The second kappa shape index (κ2) is 9.52. The topological polar surface area (TPSA) is 28.2 Å². The van der Waals surface area contributed by atoms with Crippen LogP contribution in [0.25, 0.3) is 0 Å². The smallest absolute Gasteiger partial charge is 0.148 e. The highest BCUT2D eigenvalue weighted by molar-refractivity contribution is 6.43. The van der Waals surface area contributed by atoms with Crippen LogP contribution in [-0.4, -0.2) is 36.1 Å². The lowest BCUT2D eigenvalue weighted by Gasteiger charge is -2.35. The van der Waals surface area contributed by atoms with Crippen molar-refractivity contribution in [1.82, 2.24) is 15.2 Å². The van der Waals surface area contributed by atoms with E-state index in [1.165, 1.54) is 0 Å². The maximum Gasteiger partial charge on any atom is 0.148 e. The van der Waals surface area contributed by atoms with Gasteiger partial charge in [0, 0.05) is 44.0 Å². The minimum absolute atomic E-state index is 0. The van der Waals surface area contributed by atoms with Gasteiger partial charge in [-0.15, -0.1) is 24.8 Å². The first-order chi connectivity index (χ1) is 8.65. The summed E-state index contributed by atoms with van der Waals surface area (Å²) in [6.45, 7) is 6.10. The molecule has 1 N–H and O–H groups in total. The molecule has 0 unspecified atom stereocenters. The van der Waals surface area contributed by atoms with E-state index < -0.39 is 0 Å². The molecule has 1 fully saturated rings. The fourth-order valence-corrected chi connectivity index (χ4v) is 3.14. The van der Waals surface area contributed by atoms with E-state index in [2.05, 4.69) is 22.1 Å². The van der Waals surface area contributed by atoms with E-state index in [9.17, 15) is 0 Å². The molecule has 0 aliphatic carbocycles. The van der Waals surface area contributed by atoms with Crippen molar-refractivity contribution >= 4 is 59.6 Å². The van der Waals surface area contributed by atoms with Crippen molar-refractivity contribution in [3.63, 3.8) is 0 Å². The predicted molar refractivity (Wildman–Crippen MR) is 91.2 cm³/mol. The summed E-state index contributed by atoms with van der Waals surface area (Å²) in [5, 5.41) is 4.74. The molecule has 0 saturated carbocycles.